The van der Waals surface area contributed by atoms with Gasteiger partial charge in [0.15, 0.2) is 0 Å². The van der Waals surface area contributed by atoms with E-state index in [-0.39, 0.29) is 23.4 Å². The molecule has 1 amide bonds. The second-order valence-corrected chi connectivity index (χ2v) is 9.55. The number of imidazole rings is 1. The Morgan fingerprint density at radius 3 is 2.64 bits per heavy atom. The Morgan fingerprint density at radius 2 is 1.91 bits per heavy atom. The van der Waals surface area contributed by atoms with Crippen LogP contribution >= 0.6 is 0 Å². The molecule has 2 aromatic carbocycles. The number of morpholine rings is 1. The predicted molar refractivity (Wildman–Crippen MR) is 118 cm³/mol. The van der Waals surface area contributed by atoms with E-state index in [1.165, 1.54) is 10.4 Å². The van der Waals surface area contributed by atoms with Crippen molar-refractivity contribution >= 4 is 32.7 Å². The van der Waals surface area contributed by atoms with Crippen LogP contribution in [0.25, 0.3) is 11.0 Å². The highest BCUT2D eigenvalue weighted by molar-refractivity contribution is 7.89. The Kier molecular flexibility index (Phi) is 6.73. The van der Waals surface area contributed by atoms with Crippen LogP contribution in [0.3, 0.4) is 0 Å². The fourth-order valence-corrected chi connectivity index (χ4v) is 5.26. The number of aryl methyl sites for hydroxylation is 2. The number of hydrogen-bond donors (Lipinski definition) is 1. The number of fused-ring (bicyclic) bond motifs is 1. The van der Waals surface area contributed by atoms with E-state index in [0.29, 0.717) is 44.2 Å². The van der Waals surface area contributed by atoms with Gasteiger partial charge in [-0.2, -0.15) is 4.31 Å². The van der Waals surface area contributed by atoms with Crippen molar-refractivity contribution in [3.05, 3.63) is 53.9 Å². The van der Waals surface area contributed by atoms with Gasteiger partial charge in [-0.25, -0.2) is 22.2 Å². The van der Waals surface area contributed by atoms with Crippen molar-refractivity contribution in [2.75, 3.05) is 31.6 Å². The van der Waals surface area contributed by atoms with Crippen molar-refractivity contribution in [1.29, 1.82) is 0 Å². The molecule has 1 aliphatic rings. The van der Waals surface area contributed by atoms with E-state index in [4.69, 9.17) is 4.74 Å². The Bertz CT molecular complexity index is 1290. The molecule has 1 saturated heterocycles. The average Bonchev–Trinajstić information content (AvgIpc) is 3.17. The van der Waals surface area contributed by atoms with Gasteiger partial charge in [-0.1, -0.05) is 0 Å². The van der Waals surface area contributed by atoms with Crippen molar-refractivity contribution in [2.24, 2.45) is 0 Å². The molecule has 8 nitrogen and oxygen atoms in total. The summed E-state index contributed by atoms with van der Waals surface area (Å²) in [5, 5.41) is 2.37. The minimum absolute atomic E-state index is 0.00178. The number of sulfonamides is 1. The zero-order valence-corrected chi connectivity index (χ0v) is 18.9. The highest BCUT2D eigenvalue weighted by Crippen LogP contribution is 2.24. The van der Waals surface area contributed by atoms with E-state index in [0.717, 1.165) is 23.7 Å². The Balaban J connectivity index is 1.53. The maximum absolute atomic E-state index is 13.8. The van der Waals surface area contributed by atoms with Crippen LogP contribution in [0.5, 0.6) is 0 Å². The van der Waals surface area contributed by atoms with E-state index in [2.05, 4.69) is 10.3 Å². The molecular formula is C22H24F2N4O4S. The maximum Gasteiger partial charge on any atom is 0.243 e. The van der Waals surface area contributed by atoms with Crippen LogP contribution in [-0.2, 0) is 32.5 Å². The fraction of sp³-hybridized carbons (Fsp3) is 0.364. The second kappa shape index (κ2) is 9.54. The summed E-state index contributed by atoms with van der Waals surface area (Å²) in [5.74, 6) is -1.25. The molecular weight excluding hydrogens is 454 g/mol. The Labute approximate surface area is 190 Å². The van der Waals surface area contributed by atoms with Gasteiger partial charge in [-0.3, -0.25) is 4.79 Å². The average molecular weight is 479 g/mol. The summed E-state index contributed by atoms with van der Waals surface area (Å²) in [6, 6.07) is 7.66. The minimum atomic E-state index is -3.66. The lowest BCUT2D eigenvalue weighted by Gasteiger charge is -2.26. The number of amides is 1. The third kappa shape index (κ3) is 4.90. The molecule has 1 fully saturated rings. The standard InChI is InChI=1S/C22H24F2N4O4S/c1-2-28-20-6-4-16(33(30,31)27-9-11-32-12-10-27)14-19(20)25-21(28)7-8-22(29)26-18-13-15(23)3-5-17(18)24/h3-6,13-14H,2,7-12H2,1H3,(H,26,29). The largest absolute Gasteiger partial charge is 0.379 e. The molecule has 1 N–H and O–H groups in total. The summed E-state index contributed by atoms with van der Waals surface area (Å²) in [5.41, 5.74) is 1.05. The first-order valence-corrected chi connectivity index (χ1v) is 12.1. The smallest absolute Gasteiger partial charge is 0.243 e. The third-order valence-electron chi connectivity index (χ3n) is 5.50. The van der Waals surface area contributed by atoms with E-state index in [9.17, 15) is 22.0 Å². The molecule has 4 rings (SSSR count). The SMILES string of the molecule is CCn1c(CCC(=O)Nc2cc(F)ccc2F)nc2cc(S(=O)(=O)N3CCOCC3)ccc21. The van der Waals surface area contributed by atoms with Gasteiger partial charge in [-0.05, 0) is 37.3 Å². The molecule has 0 atom stereocenters. The van der Waals surface area contributed by atoms with Crippen LogP contribution < -0.4 is 5.32 Å². The highest BCUT2D eigenvalue weighted by atomic mass is 32.2. The van der Waals surface area contributed by atoms with Gasteiger partial charge in [0.2, 0.25) is 15.9 Å². The number of hydrogen-bond acceptors (Lipinski definition) is 5. The quantitative estimate of drug-likeness (QED) is 0.564. The molecule has 33 heavy (non-hydrogen) atoms. The summed E-state index contributed by atoms with van der Waals surface area (Å²) in [4.78, 5) is 17.0. The maximum atomic E-state index is 13.8. The Hall–Kier alpha value is -2.89. The highest BCUT2D eigenvalue weighted by Gasteiger charge is 2.27. The summed E-state index contributed by atoms with van der Waals surface area (Å²) < 4.78 is 61.5. The van der Waals surface area contributed by atoms with Gasteiger partial charge in [-0.15, -0.1) is 0 Å². The molecule has 2 heterocycles. The topological polar surface area (TPSA) is 93.5 Å². The first-order valence-electron chi connectivity index (χ1n) is 10.6. The van der Waals surface area contributed by atoms with Gasteiger partial charge in [0.25, 0.3) is 0 Å². The fourth-order valence-electron chi connectivity index (χ4n) is 3.83. The number of aromatic nitrogens is 2. The van der Waals surface area contributed by atoms with Crippen molar-refractivity contribution < 1.29 is 26.7 Å². The van der Waals surface area contributed by atoms with Crippen molar-refractivity contribution in [2.45, 2.75) is 31.2 Å². The molecule has 0 spiro atoms. The van der Waals surface area contributed by atoms with Gasteiger partial charge < -0.3 is 14.6 Å². The zero-order chi connectivity index (χ0) is 23.6. The van der Waals surface area contributed by atoms with Crippen LogP contribution in [-0.4, -0.2) is 54.5 Å². The lowest BCUT2D eigenvalue weighted by molar-refractivity contribution is -0.116. The van der Waals surface area contributed by atoms with Crippen molar-refractivity contribution in [3.8, 4) is 0 Å². The lowest BCUT2D eigenvalue weighted by atomic mass is 10.2. The molecule has 0 saturated carbocycles. The van der Waals surface area contributed by atoms with Crippen LogP contribution in [0.4, 0.5) is 14.5 Å². The molecule has 176 valence electrons. The van der Waals surface area contributed by atoms with Gasteiger partial charge >= 0.3 is 0 Å². The van der Waals surface area contributed by atoms with Gasteiger partial charge in [0.05, 0.1) is 34.8 Å². The molecule has 11 heteroatoms. The molecule has 0 unspecified atom stereocenters. The third-order valence-corrected chi connectivity index (χ3v) is 7.40. The Morgan fingerprint density at radius 1 is 1.15 bits per heavy atom. The van der Waals surface area contributed by atoms with Gasteiger partial charge in [0.1, 0.15) is 17.5 Å². The van der Waals surface area contributed by atoms with Crippen LogP contribution in [0.15, 0.2) is 41.3 Å². The van der Waals surface area contributed by atoms with E-state index in [1.54, 1.807) is 12.1 Å². The number of ether oxygens (including phenoxy) is 1. The van der Waals surface area contributed by atoms with E-state index in [1.807, 2.05) is 11.5 Å². The summed E-state index contributed by atoms with van der Waals surface area (Å²) >= 11 is 0. The zero-order valence-electron chi connectivity index (χ0n) is 18.1. The number of halogens is 2. The number of nitrogens with one attached hydrogen (secondary N) is 1. The van der Waals surface area contributed by atoms with Crippen molar-refractivity contribution in [1.82, 2.24) is 13.9 Å². The summed E-state index contributed by atoms with van der Waals surface area (Å²) in [7, 11) is -3.66. The predicted octanol–water partition coefficient (Wildman–Crippen LogP) is 2.93. The lowest BCUT2D eigenvalue weighted by Crippen LogP contribution is -2.40. The number of rotatable bonds is 7. The molecule has 1 aliphatic heterocycles. The number of anilines is 1. The number of benzene rings is 2. The molecule has 0 radical (unpaired) electrons. The van der Waals surface area contributed by atoms with Crippen molar-refractivity contribution in [3.63, 3.8) is 0 Å². The van der Waals surface area contributed by atoms with Crippen LogP contribution in [0.1, 0.15) is 19.2 Å². The summed E-state index contributed by atoms with van der Waals surface area (Å²) in [6.07, 6.45) is 0.245. The summed E-state index contributed by atoms with van der Waals surface area (Å²) in [6.45, 7) is 3.81. The molecule has 1 aromatic heterocycles. The van der Waals surface area contributed by atoms with E-state index < -0.39 is 27.6 Å². The first-order chi connectivity index (χ1) is 15.8. The molecule has 3 aromatic rings. The first kappa shape index (κ1) is 23.3. The van der Waals surface area contributed by atoms with Crippen LogP contribution in [0.2, 0.25) is 0 Å². The van der Waals surface area contributed by atoms with Crippen LogP contribution in [0, 0.1) is 11.6 Å². The van der Waals surface area contributed by atoms with E-state index >= 15 is 0 Å². The monoisotopic (exact) mass is 478 g/mol. The van der Waals surface area contributed by atoms with Gasteiger partial charge in [0, 0.05) is 38.5 Å². The molecule has 0 aliphatic carbocycles. The number of nitrogens with zero attached hydrogens (tertiary/aromatic N) is 3. The number of carbonyl (C=O) groups is 1. The second-order valence-electron chi connectivity index (χ2n) is 7.61. The normalized spacial score (nSPS) is 15.1. The number of carbonyl (C=O) groups excluding carboxylic acids is 1. The molecule has 0 bridgehead atoms. The minimum Gasteiger partial charge on any atom is -0.379 e.